The Morgan fingerprint density at radius 3 is 1.29 bits per heavy atom. The van der Waals surface area contributed by atoms with Crippen LogP contribution in [0.2, 0.25) is 0 Å². The van der Waals surface area contributed by atoms with E-state index >= 15 is 0 Å². The van der Waals surface area contributed by atoms with Gasteiger partial charge in [-0.15, -0.1) is 0 Å². The van der Waals surface area contributed by atoms with Gasteiger partial charge in [0.15, 0.2) is 0 Å². The second-order valence-electron chi connectivity index (χ2n) is 9.51. The van der Waals surface area contributed by atoms with Gasteiger partial charge in [-0.2, -0.15) is 0 Å². The Morgan fingerprint density at radius 1 is 0.484 bits per heavy atom. The first-order chi connectivity index (χ1) is 15.3. The lowest BCUT2D eigenvalue weighted by Crippen LogP contribution is -1.85. The maximum atomic E-state index is 11.3. The van der Waals surface area contributed by atoms with Crippen molar-refractivity contribution >= 4 is 6.29 Å². The first-order valence-corrected chi connectivity index (χ1v) is 14.1. The Kier molecular flexibility index (Phi) is 26.4. The van der Waals surface area contributed by atoms with Gasteiger partial charge in [0.25, 0.3) is 0 Å². The number of allylic oxidation sites excluding steroid dienone is 4. The Balaban J connectivity index is 3.47. The molecule has 0 aromatic rings. The molecule has 182 valence electrons. The van der Waals surface area contributed by atoms with E-state index in [0.717, 1.165) is 24.7 Å². The molecule has 0 aliphatic heterocycles. The van der Waals surface area contributed by atoms with E-state index < -0.39 is 0 Å². The number of rotatable bonds is 25. The third-order valence-corrected chi connectivity index (χ3v) is 6.36. The van der Waals surface area contributed by atoms with Crippen molar-refractivity contribution in [2.75, 3.05) is 0 Å². The first kappa shape index (κ1) is 30.1. The molecule has 0 spiro atoms. The Hall–Kier alpha value is -0.850. The molecule has 0 N–H and O–H groups in total. The molecule has 0 saturated heterocycles. The monoisotopic (exact) mass is 432 g/mol. The molecule has 0 fully saturated rings. The maximum Gasteiger partial charge on any atom is 0.146 e. The van der Waals surface area contributed by atoms with E-state index in [2.05, 4.69) is 32.1 Å². The molecule has 0 aliphatic carbocycles. The van der Waals surface area contributed by atoms with Gasteiger partial charge in [-0.25, -0.2) is 0 Å². The van der Waals surface area contributed by atoms with Crippen LogP contribution in [-0.2, 0) is 4.79 Å². The van der Waals surface area contributed by atoms with Crippen LogP contribution in [0.25, 0.3) is 0 Å². The van der Waals surface area contributed by atoms with E-state index in [1.807, 2.05) is 0 Å². The molecule has 0 rings (SSSR count). The normalized spacial score (nSPS) is 12.1. The standard InChI is InChI=1S/C30H56O/c1-3-5-7-9-11-13-15-17-19-21-23-25-27-30(29-31)28-26-24-22-20-18-16-14-12-10-8-6-4-2/h23,25,28-29H,3-22,24,26-27H2,1-2H3. The molecular formula is C30H56O. The zero-order valence-electron chi connectivity index (χ0n) is 21.5. The molecule has 0 aromatic heterocycles. The van der Waals surface area contributed by atoms with Gasteiger partial charge in [-0.1, -0.05) is 148 Å². The number of carbonyl (C=O) groups excluding carboxylic acids is 1. The highest BCUT2D eigenvalue weighted by Crippen LogP contribution is 2.13. The fourth-order valence-corrected chi connectivity index (χ4v) is 4.19. The van der Waals surface area contributed by atoms with E-state index in [1.54, 1.807) is 0 Å². The highest BCUT2D eigenvalue weighted by molar-refractivity contribution is 5.73. The number of hydrogen-bond donors (Lipinski definition) is 0. The number of carbonyl (C=O) groups is 1. The van der Waals surface area contributed by atoms with Crippen LogP contribution in [0.3, 0.4) is 0 Å². The minimum absolute atomic E-state index is 0.818. The average Bonchev–Trinajstić information content (AvgIpc) is 2.79. The average molecular weight is 433 g/mol. The molecule has 0 unspecified atom stereocenters. The van der Waals surface area contributed by atoms with E-state index in [0.29, 0.717) is 0 Å². The molecule has 0 atom stereocenters. The van der Waals surface area contributed by atoms with Crippen LogP contribution in [0.1, 0.15) is 162 Å². The van der Waals surface area contributed by atoms with Gasteiger partial charge < -0.3 is 0 Å². The van der Waals surface area contributed by atoms with Gasteiger partial charge in [-0.3, -0.25) is 4.79 Å². The van der Waals surface area contributed by atoms with Crippen LogP contribution in [0.15, 0.2) is 23.8 Å². The molecule has 0 aliphatic rings. The van der Waals surface area contributed by atoms with Crippen LogP contribution >= 0.6 is 0 Å². The molecule has 1 heteroatoms. The summed E-state index contributed by atoms with van der Waals surface area (Å²) in [7, 11) is 0. The van der Waals surface area contributed by atoms with Crippen molar-refractivity contribution in [3.05, 3.63) is 23.8 Å². The summed E-state index contributed by atoms with van der Waals surface area (Å²) in [5.74, 6) is 0. The maximum absolute atomic E-state index is 11.3. The summed E-state index contributed by atoms with van der Waals surface area (Å²) in [6.07, 6.45) is 38.4. The SMILES string of the molecule is CCCCCCCCCCCC=CCC(C=O)=CCCCCCCCCCCCCC. The molecule has 0 radical (unpaired) electrons. The van der Waals surface area contributed by atoms with Crippen molar-refractivity contribution in [3.63, 3.8) is 0 Å². The van der Waals surface area contributed by atoms with Crippen LogP contribution < -0.4 is 0 Å². The predicted octanol–water partition coefficient (Wildman–Crippen LogP) is 10.7. The van der Waals surface area contributed by atoms with E-state index in [-0.39, 0.29) is 0 Å². The second kappa shape index (κ2) is 27.2. The number of hydrogen-bond acceptors (Lipinski definition) is 1. The Morgan fingerprint density at radius 2 is 0.871 bits per heavy atom. The van der Waals surface area contributed by atoms with Crippen LogP contribution in [0.4, 0.5) is 0 Å². The van der Waals surface area contributed by atoms with Crippen LogP contribution in [0.5, 0.6) is 0 Å². The zero-order valence-corrected chi connectivity index (χ0v) is 21.5. The highest BCUT2D eigenvalue weighted by Gasteiger charge is 1.95. The lowest BCUT2D eigenvalue weighted by atomic mass is 10.0. The summed E-state index contributed by atoms with van der Waals surface area (Å²) in [6.45, 7) is 4.56. The molecule has 1 nitrogen and oxygen atoms in total. The largest absolute Gasteiger partial charge is 0.298 e. The smallest absolute Gasteiger partial charge is 0.146 e. The van der Waals surface area contributed by atoms with Gasteiger partial charge in [-0.05, 0) is 37.7 Å². The van der Waals surface area contributed by atoms with Crippen molar-refractivity contribution in [1.29, 1.82) is 0 Å². The molecule has 0 aromatic carbocycles. The van der Waals surface area contributed by atoms with Crippen molar-refractivity contribution in [2.45, 2.75) is 162 Å². The van der Waals surface area contributed by atoms with Gasteiger partial charge >= 0.3 is 0 Å². The van der Waals surface area contributed by atoms with Gasteiger partial charge in [0.05, 0.1) is 0 Å². The summed E-state index contributed by atoms with van der Waals surface area (Å²) in [4.78, 5) is 11.3. The predicted molar refractivity (Wildman–Crippen MR) is 141 cm³/mol. The van der Waals surface area contributed by atoms with E-state index in [1.165, 1.54) is 135 Å². The van der Waals surface area contributed by atoms with Gasteiger partial charge in [0.1, 0.15) is 6.29 Å². The van der Waals surface area contributed by atoms with Crippen molar-refractivity contribution in [3.8, 4) is 0 Å². The van der Waals surface area contributed by atoms with Crippen molar-refractivity contribution in [2.24, 2.45) is 0 Å². The zero-order chi connectivity index (χ0) is 22.7. The summed E-state index contributed by atoms with van der Waals surface area (Å²) in [6, 6.07) is 0. The Labute approximate surface area is 196 Å². The van der Waals surface area contributed by atoms with Gasteiger partial charge in [0, 0.05) is 0 Å². The summed E-state index contributed by atoms with van der Waals surface area (Å²) in [5.41, 5.74) is 0.968. The fourth-order valence-electron chi connectivity index (χ4n) is 4.19. The number of aldehydes is 1. The summed E-state index contributed by atoms with van der Waals surface area (Å²) < 4.78 is 0. The first-order valence-electron chi connectivity index (χ1n) is 14.1. The second-order valence-corrected chi connectivity index (χ2v) is 9.51. The lowest BCUT2D eigenvalue weighted by molar-refractivity contribution is -0.105. The molecule has 0 bridgehead atoms. The van der Waals surface area contributed by atoms with Gasteiger partial charge in [0.2, 0.25) is 0 Å². The van der Waals surface area contributed by atoms with Crippen molar-refractivity contribution < 1.29 is 4.79 Å². The third kappa shape index (κ3) is 25.3. The fraction of sp³-hybridized carbons (Fsp3) is 0.833. The molecule has 0 amide bonds. The highest BCUT2D eigenvalue weighted by atomic mass is 16.1. The summed E-state index contributed by atoms with van der Waals surface area (Å²) in [5, 5.41) is 0. The quantitative estimate of drug-likeness (QED) is 0.0606. The number of unbranched alkanes of at least 4 members (excludes halogenated alkanes) is 20. The van der Waals surface area contributed by atoms with E-state index in [4.69, 9.17) is 0 Å². The van der Waals surface area contributed by atoms with Crippen LogP contribution in [-0.4, -0.2) is 6.29 Å². The molecule has 31 heavy (non-hydrogen) atoms. The van der Waals surface area contributed by atoms with E-state index in [9.17, 15) is 4.79 Å². The molecular weight excluding hydrogens is 376 g/mol. The Bertz CT molecular complexity index is 407. The molecule has 0 heterocycles. The minimum Gasteiger partial charge on any atom is -0.298 e. The molecule has 0 saturated carbocycles. The lowest BCUT2D eigenvalue weighted by Gasteiger charge is -2.02. The van der Waals surface area contributed by atoms with Crippen molar-refractivity contribution in [1.82, 2.24) is 0 Å². The topological polar surface area (TPSA) is 17.1 Å². The minimum atomic E-state index is 0.818. The summed E-state index contributed by atoms with van der Waals surface area (Å²) >= 11 is 0. The van der Waals surface area contributed by atoms with Crippen LogP contribution in [0, 0.1) is 0 Å². The third-order valence-electron chi connectivity index (χ3n) is 6.36.